The highest BCUT2D eigenvalue weighted by Gasteiger charge is 2.46. The lowest BCUT2D eigenvalue weighted by molar-refractivity contribution is -0.255. The van der Waals surface area contributed by atoms with E-state index in [-0.39, 0.29) is 22.4 Å². The average Bonchev–Trinajstić information content (AvgIpc) is 3.15. The Labute approximate surface area is 202 Å². The maximum atomic E-state index is 12.3. The molecule has 34 heavy (non-hydrogen) atoms. The first-order chi connectivity index (χ1) is 16.1. The number of carbonyl (C=O) groups excluding carboxylic acids is 1. The highest BCUT2D eigenvalue weighted by molar-refractivity contribution is 6.02. The molecule has 2 heterocycles. The fourth-order valence-corrected chi connectivity index (χ4v) is 5.96. The van der Waals surface area contributed by atoms with Gasteiger partial charge in [0, 0.05) is 24.9 Å². The van der Waals surface area contributed by atoms with Gasteiger partial charge < -0.3 is 19.9 Å². The largest absolute Gasteiger partial charge is 0.512 e. The Balaban J connectivity index is 1.62. The van der Waals surface area contributed by atoms with Crippen LogP contribution in [0.1, 0.15) is 82.1 Å². The number of dihydropyridines is 1. The molecule has 0 bridgehead atoms. The molecule has 1 saturated heterocycles. The van der Waals surface area contributed by atoms with Crippen molar-refractivity contribution >= 4 is 5.78 Å². The molecule has 0 spiro atoms. The quantitative estimate of drug-likeness (QED) is 0.618. The third kappa shape index (κ3) is 3.64. The molecule has 2 aliphatic carbocycles. The zero-order valence-electron chi connectivity index (χ0n) is 21.1. The van der Waals surface area contributed by atoms with E-state index in [0.717, 1.165) is 35.2 Å². The summed E-state index contributed by atoms with van der Waals surface area (Å²) in [5.74, 6) is -0.796. The van der Waals surface area contributed by atoms with Crippen LogP contribution in [0.5, 0.6) is 0 Å². The molecule has 1 aromatic rings. The van der Waals surface area contributed by atoms with Crippen molar-refractivity contribution in [3.63, 3.8) is 0 Å². The van der Waals surface area contributed by atoms with Crippen LogP contribution in [0, 0.1) is 6.92 Å². The highest BCUT2D eigenvalue weighted by Crippen LogP contribution is 2.49. The molecule has 0 aromatic heterocycles. The van der Waals surface area contributed by atoms with Crippen molar-refractivity contribution in [1.82, 2.24) is 5.32 Å². The Morgan fingerprint density at radius 3 is 2.12 bits per heavy atom. The smallest absolute Gasteiger partial charge is 0.237 e. The second kappa shape index (κ2) is 8.10. The molecule has 0 radical (unpaired) electrons. The molecule has 0 amide bonds. The summed E-state index contributed by atoms with van der Waals surface area (Å²) in [7, 11) is 0. The molecular weight excluding hydrogens is 426 g/mol. The van der Waals surface area contributed by atoms with Gasteiger partial charge in [-0.05, 0) is 71.4 Å². The lowest BCUT2D eigenvalue weighted by atomic mass is 9.62. The summed E-state index contributed by atoms with van der Waals surface area (Å²) < 4.78 is 13.0. The Hall–Kier alpha value is -2.37. The number of allylic oxidation sites excluding steroid dienone is 3. The summed E-state index contributed by atoms with van der Waals surface area (Å²) >= 11 is 0. The molecule has 5 heteroatoms. The van der Waals surface area contributed by atoms with E-state index in [4.69, 9.17) is 9.47 Å². The maximum Gasteiger partial charge on any atom is 0.237 e. The van der Waals surface area contributed by atoms with Gasteiger partial charge in [-0.25, -0.2) is 0 Å². The van der Waals surface area contributed by atoms with Crippen LogP contribution in [0.3, 0.4) is 0 Å². The molecule has 4 aliphatic rings. The Morgan fingerprint density at radius 1 is 0.912 bits per heavy atom. The van der Waals surface area contributed by atoms with Crippen LogP contribution in [-0.2, 0) is 30.9 Å². The van der Waals surface area contributed by atoms with Crippen LogP contribution in [0.2, 0.25) is 0 Å². The fraction of sp³-hybridized carbons (Fsp3) is 0.552. The Morgan fingerprint density at radius 2 is 1.56 bits per heavy atom. The minimum absolute atomic E-state index is 0.0117. The molecule has 0 unspecified atom stereocenters. The first-order valence-electron chi connectivity index (χ1n) is 12.6. The number of hydrogen-bond acceptors (Lipinski definition) is 5. The van der Waals surface area contributed by atoms with E-state index < -0.39 is 5.79 Å². The number of Topliss-reactive ketones (excluding diaryl/α,β-unsaturated/α-hetero) is 1. The summed E-state index contributed by atoms with van der Waals surface area (Å²) in [6, 6.07) is 4.67. The van der Waals surface area contributed by atoms with Crippen LogP contribution in [0.15, 0.2) is 46.9 Å². The molecule has 2 N–H and O–H groups in total. The molecule has 5 rings (SSSR count). The molecule has 0 saturated carbocycles. The lowest BCUT2D eigenvalue weighted by Gasteiger charge is -2.45. The minimum atomic E-state index is -1.01. The SMILES string of the molecule is Cc1cc2c(cc1C1(C3=CC=C(C4=C(O)CCC4=O)CN3)OCCCO1)C(C)(C)CCC2(C)C. The van der Waals surface area contributed by atoms with Crippen molar-refractivity contribution in [3.8, 4) is 0 Å². The summed E-state index contributed by atoms with van der Waals surface area (Å²) in [4.78, 5) is 12.3. The molecule has 1 aromatic carbocycles. The normalized spacial score (nSPS) is 25.4. The predicted octanol–water partition coefficient (Wildman–Crippen LogP) is 5.52. The predicted molar refractivity (Wildman–Crippen MR) is 133 cm³/mol. The van der Waals surface area contributed by atoms with Gasteiger partial charge in [0.25, 0.3) is 0 Å². The third-order valence-electron chi connectivity index (χ3n) is 8.20. The van der Waals surface area contributed by atoms with E-state index in [9.17, 15) is 9.90 Å². The second-order valence-electron chi connectivity index (χ2n) is 11.5. The maximum absolute atomic E-state index is 12.3. The van der Waals surface area contributed by atoms with Crippen LogP contribution in [0.4, 0.5) is 0 Å². The van der Waals surface area contributed by atoms with Crippen LogP contribution >= 0.6 is 0 Å². The number of aliphatic hydroxyl groups excluding tert-OH is 1. The van der Waals surface area contributed by atoms with Gasteiger partial charge in [-0.2, -0.15) is 0 Å². The Bertz CT molecular complexity index is 1130. The highest BCUT2D eigenvalue weighted by atomic mass is 16.7. The van der Waals surface area contributed by atoms with E-state index in [1.54, 1.807) is 0 Å². The number of benzene rings is 1. The second-order valence-corrected chi connectivity index (χ2v) is 11.5. The molecular formula is C29H37NO4. The standard InChI is InChI=1S/C29H37NO4/c1-18-15-21-22(28(4,5)12-11-27(21,2)3)16-20(18)29(33-13-6-14-34-29)25-10-7-19(17-30-25)26-23(31)8-9-24(26)32/h7,10,15-16,30-31H,6,8-9,11-14,17H2,1-5H3. The summed E-state index contributed by atoms with van der Waals surface area (Å²) in [5.41, 5.74) is 7.36. The zero-order chi connectivity index (χ0) is 24.3. The number of hydrogen-bond donors (Lipinski definition) is 2. The van der Waals surface area contributed by atoms with Gasteiger partial charge in [0.2, 0.25) is 5.79 Å². The average molecular weight is 464 g/mol. The minimum Gasteiger partial charge on any atom is -0.512 e. The van der Waals surface area contributed by atoms with Gasteiger partial charge in [0.05, 0.1) is 24.5 Å². The van der Waals surface area contributed by atoms with Crippen molar-refractivity contribution in [3.05, 3.63) is 69.1 Å². The summed E-state index contributed by atoms with van der Waals surface area (Å²) in [5, 5.41) is 13.7. The number of carbonyl (C=O) groups is 1. The van der Waals surface area contributed by atoms with Crippen molar-refractivity contribution in [1.29, 1.82) is 0 Å². The number of ketones is 1. The van der Waals surface area contributed by atoms with E-state index in [1.165, 1.54) is 17.5 Å². The van der Waals surface area contributed by atoms with E-state index in [1.807, 2.05) is 12.2 Å². The number of ether oxygens (including phenoxy) is 2. The van der Waals surface area contributed by atoms with Crippen molar-refractivity contribution in [2.75, 3.05) is 19.8 Å². The number of nitrogens with one attached hydrogen (secondary N) is 1. The monoisotopic (exact) mass is 463 g/mol. The van der Waals surface area contributed by atoms with Crippen LogP contribution < -0.4 is 5.32 Å². The molecule has 182 valence electrons. The first kappa shape index (κ1) is 23.4. The summed E-state index contributed by atoms with van der Waals surface area (Å²) in [6.45, 7) is 13.2. The topological polar surface area (TPSA) is 67.8 Å². The molecule has 1 fully saturated rings. The van der Waals surface area contributed by atoms with Gasteiger partial charge in [0.1, 0.15) is 5.76 Å². The number of aliphatic hydroxyl groups is 1. The molecule has 5 nitrogen and oxygen atoms in total. The van der Waals surface area contributed by atoms with E-state index in [0.29, 0.717) is 38.2 Å². The lowest BCUT2D eigenvalue weighted by Crippen LogP contribution is -2.46. The van der Waals surface area contributed by atoms with Gasteiger partial charge in [0.15, 0.2) is 5.78 Å². The zero-order valence-corrected chi connectivity index (χ0v) is 21.1. The van der Waals surface area contributed by atoms with Gasteiger partial charge >= 0.3 is 0 Å². The Kier molecular flexibility index (Phi) is 5.57. The molecule has 0 atom stereocenters. The summed E-state index contributed by atoms with van der Waals surface area (Å²) in [6.07, 6.45) is 7.88. The van der Waals surface area contributed by atoms with Gasteiger partial charge in [-0.15, -0.1) is 0 Å². The van der Waals surface area contributed by atoms with Crippen LogP contribution in [0.25, 0.3) is 0 Å². The third-order valence-corrected chi connectivity index (χ3v) is 8.20. The molecule has 2 aliphatic heterocycles. The van der Waals surface area contributed by atoms with Crippen molar-refractivity contribution in [2.45, 2.75) is 83.3 Å². The van der Waals surface area contributed by atoms with Gasteiger partial charge in [-0.1, -0.05) is 39.8 Å². The fourth-order valence-electron chi connectivity index (χ4n) is 5.96. The van der Waals surface area contributed by atoms with Crippen molar-refractivity contribution in [2.24, 2.45) is 0 Å². The number of fused-ring (bicyclic) bond motifs is 1. The van der Waals surface area contributed by atoms with E-state index in [2.05, 4.69) is 52.1 Å². The van der Waals surface area contributed by atoms with E-state index >= 15 is 0 Å². The van der Waals surface area contributed by atoms with Crippen molar-refractivity contribution < 1.29 is 19.4 Å². The first-order valence-corrected chi connectivity index (χ1v) is 12.6. The van der Waals surface area contributed by atoms with Crippen LogP contribution in [-0.4, -0.2) is 30.6 Å². The number of rotatable bonds is 3. The number of aryl methyl sites for hydroxylation is 1. The van der Waals surface area contributed by atoms with Gasteiger partial charge in [-0.3, -0.25) is 4.79 Å².